The van der Waals surface area contributed by atoms with Crippen LogP contribution in [0.4, 0.5) is 4.79 Å². The topological polar surface area (TPSA) is 58.6 Å². The van der Waals surface area contributed by atoms with Crippen molar-refractivity contribution in [2.24, 2.45) is 0 Å². The maximum absolute atomic E-state index is 11.2. The summed E-state index contributed by atoms with van der Waals surface area (Å²) in [4.78, 5) is 23.7. The lowest BCUT2D eigenvalue weighted by Crippen LogP contribution is -2.37. The van der Waals surface area contributed by atoms with Crippen molar-refractivity contribution in [3.63, 3.8) is 0 Å². The molecule has 0 fully saturated rings. The lowest BCUT2D eigenvalue weighted by Gasteiger charge is -2.15. The van der Waals surface area contributed by atoms with Gasteiger partial charge in [-0.1, -0.05) is 0 Å². The summed E-state index contributed by atoms with van der Waals surface area (Å²) >= 11 is 0. The van der Waals surface area contributed by atoms with E-state index < -0.39 is 0 Å². The van der Waals surface area contributed by atoms with E-state index in [1.165, 1.54) is 0 Å². The van der Waals surface area contributed by atoms with Gasteiger partial charge in [0.15, 0.2) is 0 Å². The van der Waals surface area contributed by atoms with E-state index in [2.05, 4.69) is 5.32 Å². The van der Waals surface area contributed by atoms with Crippen molar-refractivity contribution in [2.45, 2.75) is 26.7 Å². The molecule has 0 spiro atoms. The van der Waals surface area contributed by atoms with E-state index in [1.807, 2.05) is 6.92 Å². The van der Waals surface area contributed by atoms with Crippen LogP contribution >= 0.6 is 0 Å². The predicted octanol–water partition coefficient (Wildman–Crippen LogP) is 0.991. The van der Waals surface area contributed by atoms with Gasteiger partial charge in [-0.2, -0.15) is 0 Å². The molecule has 0 saturated carbocycles. The monoisotopic (exact) mass is 216 g/mol. The zero-order chi connectivity index (χ0) is 11.7. The average molecular weight is 216 g/mol. The molecule has 0 saturated heterocycles. The van der Waals surface area contributed by atoms with E-state index in [0.717, 1.165) is 0 Å². The molecule has 5 heteroatoms. The number of carbonyl (C=O) groups is 2. The summed E-state index contributed by atoms with van der Waals surface area (Å²) in [6, 6.07) is -0.110. The number of hydrogen-bond donors (Lipinski definition) is 1. The first-order valence-corrected chi connectivity index (χ1v) is 5.26. The van der Waals surface area contributed by atoms with E-state index in [0.29, 0.717) is 32.5 Å². The number of amides is 2. The molecule has 15 heavy (non-hydrogen) atoms. The van der Waals surface area contributed by atoms with Gasteiger partial charge in [-0.05, 0) is 20.3 Å². The minimum Gasteiger partial charge on any atom is -0.466 e. The van der Waals surface area contributed by atoms with Crippen LogP contribution in [0.1, 0.15) is 26.7 Å². The fraction of sp³-hybridized carbons (Fsp3) is 0.800. The molecule has 0 aliphatic rings. The minimum atomic E-state index is -0.212. The second-order valence-electron chi connectivity index (χ2n) is 3.15. The molecule has 5 nitrogen and oxygen atoms in total. The van der Waals surface area contributed by atoms with E-state index in [-0.39, 0.29) is 12.0 Å². The van der Waals surface area contributed by atoms with Crippen LogP contribution < -0.4 is 5.32 Å². The zero-order valence-corrected chi connectivity index (χ0v) is 9.71. The van der Waals surface area contributed by atoms with E-state index in [4.69, 9.17) is 4.74 Å². The second-order valence-corrected chi connectivity index (χ2v) is 3.15. The summed E-state index contributed by atoms with van der Waals surface area (Å²) in [5, 5.41) is 2.71. The van der Waals surface area contributed by atoms with Gasteiger partial charge in [0.1, 0.15) is 0 Å². The summed E-state index contributed by atoms with van der Waals surface area (Å²) in [5.41, 5.74) is 0. The molecule has 0 aromatic heterocycles. The predicted molar refractivity (Wildman–Crippen MR) is 57.6 cm³/mol. The molecule has 0 unspecified atom stereocenters. The third-order valence-electron chi connectivity index (χ3n) is 1.96. The highest BCUT2D eigenvalue weighted by atomic mass is 16.5. The van der Waals surface area contributed by atoms with Gasteiger partial charge in [0.2, 0.25) is 0 Å². The summed E-state index contributed by atoms with van der Waals surface area (Å²) in [6.07, 6.45) is 0.964. The van der Waals surface area contributed by atoms with Crippen molar-refractivity contribution >= 4 is 12.0 Å². The first-order valence-electron chi connectivity index (χ1n) is 5.26. The Hall–Kier alpha value is -1.26. The highest BCUT2D eigenvalue weighted by molar-refractivity contribution is 5.74. The number of urea groups is 1. The lowest BCUT2D eigenvalue weighted by atomic mass is 10.3. The van der Waals surface area contributed by atoms with Crippen LogP contribution in [0.25, 0.3) is 0 Å². The highest BCUT2D eigenvalue weighted by Crippen LogP contribution is 1.92. The number of esters is 1. The zero-order valence-electron chi connectivity index (χ0n) is 9.71. The first kappa shape index (κ1) is 13.7. The molecule has 0 aromatic rings. The highest BCUT2D eigenvalue weighted by Gasteiger charge is 2.05. The van der Waals surface area contributed by atoms with Crippen LogP contribution in [-0.4, -0.2) is 43.6 Å². The molecular weight excluding hydrogens is 196 g/mol. The standard InChI is InChI=1S/C10H20N2O3/c1-4-12(3)10(14)11-8-6-7-9(13)15-5-2/h4-8H2,1-3H3,(H,11,14). The molecule has 0 atom stereocenters. The molecule has 0 aliphatic heterocycles. The number of nitrogens with one attached hydrogen (secondary N) is 1. The third kappa shape index (κ3) is 6.76. The van der Waals surface area contributed by atoms with E-state index in [9.17, 15) is 9.59 Å². The van der Waals surface area contributed by atoms with Gasteiger partial charge in [-0.25, -0.2) is 4.79 Å². The number of carbonyl (C=O) groups excluding carboxylic acids is 2. The summed E-state index contributed by atoms with van der Waals surface area (Å²) < 4.78 is 4.76. The molecular formula is C10H20N2O3. The molecule has 88 valence electrons. The largest absolute Gasteiger partial charge is 0.466 e. The normalized spacial score (nSPS) is 9.53. The maximum Gasteiger partial charge on any atom is 0.317 e. The van der Waals surface area contributed by atoms with Crippen molar-refractivity contribution in [2.75, 3.05) is 26.7 Å². The van der Waals surface area contributed by atoms with Crippen molar-refractivity contribution in [3.8, 4) is 0 Å². The Balaban J connectivity index is 3.46. The van der Waals surface area contributed by atoms with E-state index >= 15 is 0 Å². The van der Waals surface area contributed by atoms with Crippen molar-refractivity contribution < 1.29 is 14.3 Å². The molecule has 0 aliphatic carbocycles. The lowest BCUT2D eigenvalue weighted by molar-refractivity contribution is -0.143. The summed E-state index contributed by atoms with van der Waals surface area (Å²) in [6.45, 7) is 5.25. The van der Waals surface area contributed by atoms with Gasteiger partial charge in [-0.3, -0.25) is 4.79 Å². The average Bonchev–Trinajstić information content (AvgIpc) is 2.23. The Bertz CT molecular complexity index is 207. The summed E-state index contributed by atoms with van der Waals surface area (Å²) in [5.74, 6) is -0.212. The number of nitrogens with zero attached hydrogens (tertiary/aromatic N) is 1. The Morgan fingerprint density at radius 1 is 1.33 bits per heavy atom. The van der Waals surface area contributed by atoms with Gasteiger partial charge in [0, 0.05) is 26.6 Å². The number of rotatable bonds is 6. The molecule has 0 bridgehead atoms. The van der Waals surface area contributed by atoms with Gasteiger partial charge >= 0.3 is 12.0 Å². The van der Waals surface area contributed by atoms with Gasteiger partial charge in [-0.15, -0.1) is 0 Å². The molecule has 0 heterocycles. The van der Waals surface area contributed by atoms with Crippen molar-refractivity contribution in [3.05, 3.63) is 0 Å². The fourth-order valence-electron chi connectivity index (χ4n) is 0.940. The Morgan fingerprint density at radius 2 is 2.00 bits per heavy atom. The van der Waals surface area contributed by atoms with Crippen LogP contribution in [0.5, 0.6) is 0 Å². The van der Waals surface area contributed by atoms with Gasteiger partial charge in [0.25, 0.3) is 0 Å². The van der Waals surface area contributed by atoms with Gasteiger partial charge in [0.05, 0.1) is 6.61 Å². The van der Waals surface area contributed by atoms with Crippen LogP contribution in [0, 0.1) is 0 Å². The fourth-order valence-corrected chi connectivity index (χ4v) is 0.940. The van der Waals surface area contributed by atoms with Crippen molar-refractivity contribution in [1.29, 1.82) is 0 Å². The number of ether oxygens (including phenoxy) is 1. The first-order chi connectivity index (χ1) is 7.11. The molecule has 0 rings (SSSR count). The second kappa shape index (κ2) is 8.08. The maximum atomic E-state index is 11.2. The minimum absolute atomic E-state index is 0.110. The molecule has 0 radical (unpaired) electrons. The van der Waals surface area contributed by atoms with Crippen LogP contribution in [0.3, 0.4) is 0 Å². The Morgan fingerprint density at radius 3 is 2.53 bits per heavy atom. The molecule has 1 N–H and O–H groups in total. The Labute approximate surface area is 90.8 Å². The van der Waals surface area contributed by atoms with Crippen LogP contribution in [0.15, 0.2) is 0 Å². The smallest absolute Gasteiger partial charge is 0.317 e. The number of hydrogen-bond acceptors (Lipinski definition) is 3. The third-order valence-corrected chi connectivity index (χ3v) is 1.96. The molecule has 0 aromatic carbocycles. The SMILES string of the molecule is CCOC(=O)CCCNC(=O)N(C)CC. The van der Waals surface area contributed by atoms with Gasteiger partial charge < -0.3 is 15.0 Å². The summed E-state index contributed by atoms with van der Waals surface area (Å²) in [7, 11) is 1.72. The quantitative estimate of drug-likeness (QED) is 0.532. The Kier molecular flexibility index (Phi) is 7.40. The van der Waals surface area contributed by atoms with Crippen LogP contribution in [0.2, 0.25) is 0 Å². The molecule has 2 amide bonds. The van der Waals surface area contributed by atoms with Crippen LogP contribution in [-0.2, 0) is 9.53 Å². The van der Waals surface area contributed by atoms with E-state index in [1.54, 1.807) is 18.9 Å². The van der Waals surface area contributed by atoms with Crippen molar-refractivity contribution in [1.82, 2.24) is 10.2 Å².